The summed E-state index contributed by atoms with van der Waals surface area (Å²) in [6, 6.07) is 0. The first kappa shape index (κ1) is 22.9. The molecule has 0 bridgehead atoms. The Hall–Kier alpha value is -0.0700. The van der Waals surface area contributed by atoms with Crippen molar-refractivity contribution in [2.24, 2.45) is 11.3 Å². The molecule has 0 aromatic rings. The van der Waals surface area contributed by atoms with Crippen LogP contribution < -0.4 is 10.6 Å². The minimum atomic E-state index is 0. The third-order valence-corrected chi connectivity index (χ3v) is 4.91. The van der Waals surface area contributed by atoms with Gasteiger partial charge < -0.3 is 20.3 Å². The predicted molar refractivity (Wildman–Crippen MR) is 98.7 cm³/mol. The molecule has 1 saturated carbocycles. The predicted octanol–water partition coefficient (Wildman–Crippen LogP) is 1.69. The van der Waals surface area contributed by atoms with Crippen LogP contribution in [0.1, 0.15) is 32.6 Å². The molecular formula is C16H33Cl2N3O2. The third kappa shape index (κ3) is 6.75. The highest BCUT2D eigenvalue weighted by molar-refractivity contribution is 5.85. The van der Waals surface area contributed by atoms with Crippen LogP contribution in [0.4, 0.5) is 0 Å². The average molecular weight is 370 g/mol. The molecule has 1 heterocycles. The van der Waals surface area contributed by atoms with Crippen LogP contribution in [0.25, 0.3) is 0 Å². The van der Waals surface area contributed by atoms with Crippen molar-refractivity contribution in [3.8, 4) is 0 Å². The summed E-state index contributed by atoms with van der Waals surface area (Å²) < 4.78 is 5.73. The smallest absolute Gasteiger partial charge is 0.223 e. The third-order valence-electron chi connectivity index (χ3n) is 4.91. The highest BCUT2D eigenvalue weighted by Gasteiger charge is 2.57. The second-order valence-corrected chi connectivity index (χ2v) is 6.78. The lowest BCUT2D eigenvalue weighted by molar-refractivity contribution is -0.124. The van der Waals surface area contributed by atoms with Gasteiger partial charge in [0.15, 0.2) is 0 Å². The molecule has 0 radical (unpaired) electrons. The van der Waals surface area contributed by atoms with Gasteiger partial charge in [-0.2, -0.15) is 0 Å². The zero-order valence-corrected chi connectivity index (χ0v) is 16.2. The van der Waals surface area contributed by atoms with Gasteiger partial charge in [0.2, 0.25) is 5.91 Å². The van der Waals surface area contributed by atoms with E-state index in [-0.39, 0.29) is 42.7 Å². The van der Waals surface area contributed by atoms with Crippen molar-refractivity contribution in [3.63, 3.8) is 0 Å². The topological polar surface area (TPSA) is 53.6 Å². The molecule has 2 rings (SSSR count). The SMILES string of the molecule is CCOC(CCN(C)C)CNC(=O)C1CC12CCNCC2.Cl.Cl. The number of ether oxygens (including phenoxy) is 1. The normalized spacial score (nSPS) is 22.9. The van der Waals surface area contributed by atoms with Crippen LogP contribution in [0.5, 0.6) is 0 Å². The highest BCUT2D eigenvalue weighted by atomic mass is 35.5. The fourth-order valence-corrected chi connectivity index (χ4v) is 3.42. The fourth-order valence-electron chi connectivity index (χ4n) is 3.42. The van der Waals surface area contributed by atoms with Crippen molar-refractivity contribution >= 4 is 30.7 Å². The Balaban J connectivity index is 0.00000242. The summed E-state index contributed by atoms with van der Waals surface area (Å²) in [4.78, 5) is 14.5. The molecule has 23 heavy (non-hydrogen) atoms. The maximum absolute atomic E-state index is 12.3. The Bertz CT molecular complexity index is 350. The van der Waals surface area contributed by atoms with Gasteiger partial charge in [-0.05, 0) is 65.2 Å². The number of halogens is 2. The van der Waals surface area contributed by atoms with Gasteiger partial charge in [0.25, 0.3) is 0 Å². The summed E-state index contributed by atoms with van der Waals surface area (Å²) in [6.45, 7) is 6.47. The van der Waals surface area contributed by atoms with Crippen LogP contribution in [0.15, 0.2) is 0 Å². The van der Waals surface area contributed by atoms with E-state index in [0.717, 1.165) is 45.3 Å². The van der Waals surface area contributed by atoms with E-state index in [9.17, 15) is 4.79 Å². The number of hydrogen-bond acceptors (Lipinski definition) is 4. The standard InChI is InChI=1S/C16H31N3O2.2ClH/c1-4-21-13(5-10-19(2)3)12-18-15(20)14-11-16(14)6-8-17-9-7-16;;/h13-14,17H,4-12H2,1-3H3,(H,18,20);2*1H. The molecular weight excluding hydrogens is 337 g/mol. The number of carbonyl (C=O) groups excluding carboxylic acids is 1. The number of rotatable bonds is 8. The minimum Gasteiger partial charge on any atom is -0.377 e. The fraction of sp³-hybridized carbons (Fsp3) is 0.938. The molecule has 0 aromatic heterocycles. The van der Waals surface area contributed by atoms with E-state index < -0.39 is 0 Å². The molecule has 138 valence electrons. The van der Waals surface area contributed by atoms with Gasteiger partial charge in [-0.25, -0.2) is 0 Å². The Morgan fingerprint density at radius 3 is 2.57 bits per heavy atom. The Morgan fingerprint density at radius 2 is 2.00 bits per heavy atom. The molecule has 1 aliphatic carbocycles. The molecule has 2 atom stereocenters. The van der Waals surface area contributed by atoms with E-state index in [1.165, 1.54) is 0 Å². The van der Waals surface area contributed by atoms with E-state index in [1.807, 2.05) is 6.92 Å². The zero-order chi connectivity index (χ0) is 15.3. The highest BCUT2D eigenvalue weighted by Crippen LogP contribution is 2.58. The van der Waals surface area contributed by atoms with Crippen molar-refractivity contribution in [1.82, 2.24) is 15.5 Å². The van der Waals surface area contributed by atoms with Gasteiger partial charge in [0.05, 0.1) is 6.10 Å². The van der Waals surface area contributed by atoms with Crippen LogP contribution in [-0.4, -0.2) is 63.8 Å². The maximum atomic E-state index is 12.3. The van der Waals surface area contributed by atoms with Crippen molar-refractivity contribution in [3.05, 3.63) is 0 Å². The maximum Gasteiger partial charge on any atom is 0.223 e. The monoisotopic (exact) mass is 369 g/mol. The number of nitrogens with zero attached hydrogens (tertiary/aromatic N) is 1. The number of hydrogen-bond donors (Lipinski definition) is 2. The summed E-state index contributed by atoms with van der Waals surface area (Å²) in [5.74, 6) is 0.488. The van der Waals surface area contributed by atoms with Crippen molar-refractivity contribution < 1.29 is 9.53 Å². The molecule has 2 unspecified atom stereocenters. The molecule has 2 fully saturated rings. The second-order valence-electron chi connectivity index (χ2n) is 6.78. The molecule has 5 nitrogen and oxygen atoms in total. The van der Waals surface area contributed by atoms with E-state index in [4.69, 9.17) is 4.74 Å². The number of nitrogens with one attached hydrogen (secondary N) is 2. The Labute approximate surface area is 153 Å². The molecule has 2 aliphatic rings. The van der Waals surface area contributed by atoms with Gasteiger partial charge in [0.1, 0.15) is 0 Å². The van der Waals surface area contributed by atoms with Gasteiger partial charge in [0, 0.05) is 25.6 Å². The van der Waals surface area contributed by atoms with Gasteiger partial charge in [-0.15, -0.1) is 24.8 Å². The van der Waals surface area contributed by atoms with E-state index in [2.05, 4.69) is 29.6 Å². The van der Waals surface area contributed by atoms with Crippen LogP contribution in [0.3, 0.4) is 0 Å². The molecule has 0 aromatic carbocycles. The van der Waals surface area contributed by atoms with Crippen LogP contribution in [-0.2, 0) is 9.53 Å². The van der Waals surface area contributed by atoms with Crippen molar-refractivity contribution in [1.29, 1.82) is 0 Å². The molecule has 1 saturated heterocycles. The lowest BCUT2D eigenvalue weighted by Gasteiger charge is -2.24. The van der Waals surface area contributed by atoms with Gasteiger partial charge >= 0.3 is 0 Å². The zero-order valence-electron chi connectivity index (χ0n) is 14.6. The molecule has 2 N–H and O–H groups in total. The molecule has 7 heteroatoms. The number of piperidine rings is 1. The second kappa shape index (κ2) is 10.7. The first-order valence-corrected chi connectivity index (χ1v) is 8.32. The molecule has 1 spiro atoms. The van der Waals surface area contributed by atoms with E-state index in [0.29, 0.717) is 18.6 Å². The number of carbonyl (C=O) groups is 1. The molecule has 1 aliphatic heterocycles. The Morgan fingerprint density at radius 1 is 1.35 bits per heavy atom. The van der Waals surface area contributed by atoms with Gasteiger partial charge in [-0.1, -0.05) is 0 Å². The summed E-state index contributed by atoms with van der Waals surface area (Å²) >= 11 is 0. The van der Waals surface area contributed by atoms with Crippen LogP contribution >= 0.6 is 24.8 Å². The summed E-state index contributed by atoms with van der Waals surface area (Å²) in [5, 5.41) is 6.50. The lowest BCUT2D eigenvalue weighted by atomic mass is 9.92. The van der Waals surface area contributed by atoms with Crippen LogP contribution in [0, 0.1) is 11.3 Å². The quantitative estimate of drug-likeness (QED) is 0.683. The largest absolute Gasteiger partial charge is 0.377 e. The summed E-state index contributed by atoms with van der Waals surface area (Å²) in [5.41, 5.74) is 0.320. The van der Waals surface area contributed by atoms with E-state index in [1.54, 1.807) is 0 Å². The lowest BCUT2D eigenvalue weighted by Crippen LogP contribution is -2.38. The van der Waals surface area contributed by atoms with Crippen molar-refractivity contribution in [2.75, 3.05) is 46.9 Å². The first-order valence-electron chi connectivity index (χ1n) is 8.32. The van der Waals surface area contributed by atoms with Gasteiger partial charge in [-0.3, -0.25) is 4.79 Å². The molecule has 1 amide bonds. The average Bonchev–Trinajstić information content (AvgIpc) is 3.15. The minimum absolute atomic E-state index is 0. The van der Waals surface area contributed by atoms with E-state index >= 15 is 0 Å². The summed E-state index contributed by atoms with van der Waals surface area (Å²) in [7, 11) is 4.12. The first-order chi connectivity index (χ1) is 10.1. The van der Waals surface area contributed by atoms with Crippen molar-refractivity contribution in [2.45, 2.75) is 38.7 Å². The van der Waals surface area contributed by atoms with Crippen LogP contribution in [0.2, 0.25) is 0 Å². The Kier molecular flexibility index (Phi) is 10.7. The summed E-state index contributed by atoms with van der Waals surface area (Å²) in [6.07, 6.45) is 4.48. The number of amides is 1.